The van der Waals surface area contributed by atoms with Crippen molar-refractivity contribution in [2.45, 2.75) is 130 Å². The molecule has 0 radical (unpaired) electrons. The molecule has 37 heteroatoms. The molecule has 6 aromatic carbocycles. The number of aromatic nitrogens is 23. The van der Waals surface area contributed by atoms with E-state index in [0.717, 1.165) is 241 Å². The van der Waals surface area contributed by atoms with Gasteiger partial charge in [0.2, 0.25) is 0 Å². The summed E-state index contributed by atoms with van der Waals surface area (Å²) in [7, 11) is 3.85. The smallest absolute Gasteiger partial charge is 0.154 e. The summed E-state index contributed by atoms with van der Waals surface area (Å²) in [4.78, 5) is 79.2. The zero-order valence-corrected chi connectivity index (χ0v) is 77.3. The fraction of sp³-hybridized carbons (Fsp3) is 0.255. The summed E-state index contributed by atoms with van der Waals surface area (Å²) in [5, 5.41) is 54.3. The quantitative estimate of drug-likeness (QED) is 0.0589. The first-order valence-corrected chi connectivity index (χ1v) is 47.2. The van der Waals surface area contributed by atoms with Crippen molar-refractivity contribution in [1.82, 2.24) is 114 Å². The highest BCUT2D eigenvalue weighted by atomic mass is 35.5. The molecule has 3 aliphatic carbocycles. The number of pyridine rings is 1. The van der Waals surface area contributed by atoms with E-state index in [4.69, 9.17) is 11.6 Å². The Balaban J connectivity index is 0.0000000935. The van der Waals surface area contributed by atoms with E-state index in [-0.39, 0.29) is 0 Å². The Morgan fingerprint density at radius 1 is 0.338 bits per heavy atom. The van der Waals surface area contributed by atoms with E-state index in [9.17, 15) is 0 Å². The summed E-state index contributed by atoms with van der Waals surface area (Å²) in [6, 6.07) is 39.0. The standard InChI is InChI=1S/C20H17ClN6.3C18H18N6.2C14H12N6/c1-12-5-16(23-8-12)11-27-19-14(10-25-27)6-15(7-17(19)21)26-20-18-13(9-24-20)3-2-4-22-18;2*1-2-12(3-1)11-24-16-5-4-14(8-13(16)9-22-24)23-18-17-15(10-21-18)19-6-7-20-17;1-2-12(3-1)10-24-11-13-8-14(4-5-15(13)23-24)22-18-17-16(9-21-18)19-6-7-20-17;1-20-8-9-6-10(2-3-11(9)19-20)18-14-13-12(7-17-14)15-4-5-16-13;1-20-12-3-2-10(6-9(12)7-18-20)19-14-13-11(8-17-14)15-4-5-16-13/h2-7,10H,8-9,11H2,1H3,(H,24,26);2*4-9,12H,1-3,10-11H2,(H,21,23);4-8,11-12H,1-3,9-10H2,(H,21,22);2-6,8H,7H2,1H3,(H,17,18);2-7H,8H2,1H3,(H,17,19). The molecular weight excluding hydrogens is 1760 g/mol. The SMILES string of the molecule is CC1=CC(Cn2ncc3cc(NC4=NCc5cccnc54)cc(Cl)c32)=NC1.Cn1cc2cc(NC3=NCc4nccnc43)ccc2n1.Cn1ncc2cc(NC3=NCc4nccnc43)ccc21.c1cnc2c(n1)CN=C2Nc1ccc2c(cnn2CC2CCC2)c1.c1cnc2c(n1)CN=C2Nc1ccc2c(cnn2CC2CCC2)c1.c1cnc2c(n1)CN=C2Nc1ccc2nn(CC3CCC3)cc2c1. The first-order valence-electron chi connectivity index (χ1n) is 46.8. The molecule has 18 aromatic rings. The van der Waals surface area contributed by atoms with Gasteiger partial charge < -0.3 is 31.9 Å². The lowest BCUT2D eigenvalue weighted by Crippen LogP contribution is -2.18. The van der Waals surface area contributed by atoms with E-state index < -0.39 is 0 Å². The third-order valence-electron chi connectivity index (χ3n) is 26.2. The Morgan fingerprint density at radius 3 is 1.19 bits per heavy atom. The minimum Gasteiger partial charge on any atom is -0.339 e. The van der Waals surface area contributed by atoms with Gasteiger partial charge in [0.25, 0.3) is 0 Å². The zero-order valence-electron chi connectivity index (χ0n) is 76.5. The number of aliphatic imine (C=N–C) groups is 7. The number of nitrogens with one attached hydrogen (secondary N) is 6. The lowest BCUT2D eigenvalue weighted by molar-refractivity contribution is 0.267. The van der Waals surface area contributed by atoms with Gasteiger partial charge in [0.05, 0.1) is 149 Å². The van der Waals surface area contributed by atoms with Gasteiger partial charge in [0.15, 0.2) is 35.0 Å². The maximum absolute atomic E-state index is 6.60. The molecule has 7 aliphatic heterocycles. The maximum Gasteiger partial charge on any atom is 0.154 e. The minimum atomic E-state index is 0.584. The lowest BCUT2D eigenvalue weighted by atomic mass is 9.85. The van der Waals surface area contributed by atoms with Crippen LogP contribution in [-0.4, -0.2) is 161 Å². The molecule has 0 amide bonds. The summed E-state index contributed by atoms with van der Waals surface area (Å²) in [6.45, 7) is 10.2. The van der Waals surface area contributed by atoms with Crippen molar-refractivity contribution in [2.24, 2.45) is 66.8 Å². The van der Waals surface area contributed by atoms with Gasteiger partial charge in [-0.3, -0.25) is 92.9 Å². The number of halogens is 1. The number of hydrogen-bond acceptors (Lipinski definition) is 30. The number of benzene rings is 6. The highest BCUT2D eigenvalue weighted by Crippen LogP contribution is 2.36. The van der Waals surface area contributed by atoms with E-state index in [1.807, 2.05) is 114 Å². The molecule has 0 unspecified atom stereocenters. The van der Waals surface area contributed by atoms with Crippen LogP contribution in [0.5, 0.6) is 0 Å². The van der Waals surface area contributed by atoms with Gasteiger partial charge in [-0.1, -0.05) is 42.5 Å². The summed E-state index contributed by atoms with van der Waals surface area (Å²) in [5.41, 5.74) is 25.4. The van der Waals surface area contributed by atoms with Crippen molar-refractivity contribution in [2.75, 3.05) is 38.4 Å². The highest BCUT2D eigenvalue weighted by molar-refractivity contribution is 6.35. The van der Waals surface area contributed by atoms with Crippen molar-refractivity contribution in [1.29, 1.82) is 0 Å². The second-order valence-electron chi connectivity index (χ2n) is 35.8. The summed E-state index contributed by atoms with van der Waals surface area (Å²) >= 11 is 6.60. The molecule has 0 spiro atoms. The number of hydrogen-bond donors (Lipinski definition) is 6. The molecule has 0 bridgehead atoms. The van der Waals surface area contributed by atoms with Crippen LogP contribution in [0.3, 0.4) is 0 Å². The molecule has 0 atom stereocenters. The Labute approximate surface area is 801 Å². The third-order valence-corrected chi connectivity index (χ3v) is 26.4. The van der Waals surface area contributed by atoms with Gasteiger partial charge in [0.1, 0.15) is 34.2 Å². The van der Waals surface area contributed by atoms with Crippen molar-refractivity contribution >= 4 is 152 Å². The second kappa shape index (κ2) is 38.2. The van der Waals surface area contributed by atoms with Crippen LogP contribution in [-0.2, 0) is 79.5 Å². The number of aryl methyl sites for hydroxylation is 2. The largest absolute Gasteiger partial charge is 0.339 e. The van der Waals surface area contributed by atoms with Gasteiger partial charge in [0, 0.05) is 186 Å². The van der Waals surface area contributed by atoms with Crippen LogP contribution in [0.4, 0.5) is 34.1 Å². The number of amidine groups is 6. The van der Waals surface area contributed by atoms with Crippen LogP contribution in [0.25, 0.3) is 65.4 Å². The maximum atomic E-state index is 6.60. The Kier molecular flexibility index (Phi) is 23.7. The fourth-order valence-corrected chi connectivity index (χ4v) is 18.6. The average Bonchev–Trinajstić information content (AvgIpc) is 1.66. The molecule has 139 heavy (non-hydrogen) atoms. The molecular formula is C102H95ClN36. The Morgan fingerprint density at radius 2 is 0.719 bits per heavy atom. The number of fused-ring (bicyclic) bond motifs is 12. The van der Waals surface area contributed by atoms with Gasteiger partial charge >= 0.3 is 0 Å². The van der Waals surface area contributed by atoms with Crippen molar-refractivity contribution in [3.8, 4) is 0 Å². The topological polar surface area (TPSA) is 407 Å². The first kappa shape index (κ1) is 86.3. The molecule has 6 N–H and O–H groups in total. The van der Waals surface area contributed by atoms with Crippen molar-refractivity contribution < 1.29 is 0 Å². The van der Waals surface area contributed by atoms with E-state index in [0.29, 0.717) is 50.8 Å². The summed E-state index contributed by atoms with van der Waals surface area (Å²) in [6.07, 6.45) is 44.7. The molecule has 3 saturated carbocycles. The van der Waals surface area contributed by atoms with Gasteiger partial charge in [-0.25, -0.2) is 24.9 Å². The van der Waals surface area contributed by atoms with Crippen LogP contribution in [0.2, 0.25) is 5.02 Å². The molecule has 19 heterocycles. The van der Waals surface area contributed by atoms with Crippen LogP contribution < -0.4 is 31.9 Å². The average molecular weight is 1860 g/mol. The lowest BCUT2D eigenvalue weighted by Gasteiger charge is -2.25. The second-order valence-corrected chi connectivity index (χ2v) is 36.2. The predicted octanol–water partition coefficient (Wildman–Crippen LogP) is 16.3. The van der Waals surface area contributed by atoms with E-state index in [1.54, 1.807) is 68.2 Å². The van der Waals surface area contributed by atoms with Crippen molar-refractivity contribution in [3.63, 3.8) is 0 Å². The molecule has 36 nitrogen and oxygen atoms in total. The van der Waals surface area contributed by atoms with E-state index in [2.05, 4.69) is 246 Å². The summed E-state index contributed by atoms with van der Waals surface area (Å²) in [5.74, 6) is 7.10. The van der Waals surface area contributed by atoms with Crippen LogP contribution in [0.15, 0.2) is 267 Å². The monoisotopic (exact) mass is 1860 g/mol. The molecule has 12 aromatic heterocycles. The molecule has 0 saturated heterocycles. The molecule has 10 aliphatic rings. The normalized spacial score (nSPS) is 15.5. The Bertz CT molecular complexity index is 7710. The number of rotatable bonds is 14. The zero-order chi connectivity index (χ0) is 93.2. The highest BCUT2D eigenvalue weighted by Gasteiger charge is 2.28. The van der Waals surface area contributed by atoms with Crippen LogP contribution >= 0.6 is 11.6 Å². The minimum absolute atomic E-state index is 0.584. The molecule has 3 fully saturated rings. The number of allylic oxidation sites excluding steroid dienone is 1. The Hall–Kier alpha value is -16.8. The fourth-order valence-electron chi connectivity index (χ4n) is 18.3. The van der Waals surface area contributed by atoms with E-state index in [1.165, 1.54) is 74.4 Å². The summed E-state index contributed by atoms with van der Waals surface area (Å²) < 4.78 is 11.9. The number of nitrogens with zero attached hydrogens (tertiary/aromatic N) is 30. The van der Waals surface area contributed by atoms with Crippen LogP contribution in [0.1, 0.15) is 133 Å². The molecule has 690 valence electrons. The van der Waals surface area contributed by atoms with Gasteiger partial charge in [-0.05, 0) is 178 Å². The molecule has 28 rings (SSSR count). The van der Waals surface area contributed by atoms with E-state index >= 15 is 0 Å². The first-order chi connectivity index (χ1) is 68.4. The number of anilines is 6. The van der Waals surface area contributed by atoms with Crippen molar-refractivity contribution in [3.05, 3.63) is 305 Å². The predicted molar refractivity (Wildman–Crippen MR) is 541 cm³/mol. The van der Waals surface area contributed by atoms with Gasteiger partial charge in [-0.15, -0.1) is 0 Å². The van der Waals surface area contributed by atoms with Crippen LogP contribution in [0, 0.1) is 17.8 Å². The third kappa shape index (κ3) is 18.7. The van der Waals surface area contributed by atoms with Gasteiger partial charge in [-0.2, -0.15) is 30.6 Å².